The highest BCUT2D eigenvalue weighted by Crippen LogP contribution is 2.50. The summed E-state index contributed by atoms with van der Waals surface area (Å²) >= 11 is 0. The van der Waals surface area contributed by atoms with Gasteiger partial charge in [0, 0.05) is 71.8 Å². The van der Waals surface area contributed by atoms with Gasteiger partial charge in [-0.2, -0.15) is 0 Å². The lowest BCUT2D eigenvalue weighted by Gasteiger charge is -2.58. The fraction of sp³-hybridized carbons (Fsp3) is 0.417. The fourth-order valence-corrected chi connectivity index (χ4v) is 11.8. The van der Waals surface area contributed by atoms with E-state index in [0.717, 1.165) is 118 Å². The monoisotopic (exact) mass is 752 g/mol. The number of pyridine rings is 2. The molecule has 8 heterocycles. The highest BCUT2D eigenvalue weighted by molar-refractivity contribution is 5.84. The summed E-state index contributed by atoms with van der Waals surface area (Å²) in [6, 6.07) is 25.2. The van der Waals surface area contributed by atoms with E-state index in [-0.39, 0.29) is 12.1 Å². The molecule has 0 radical (unpaired) electrons. The van der Waals surface area contributed by atoms with Gasteiger partial charge in [0.15, 0.2) is 0 Å². The average molecular weight is 753 g/mol. The van der Waals surface area contributed by atoms with E-state index in [2.05, 4.69) is 59.5 Å². The van der Waals surface area contributed by atoms with Crippen molar-refractivity contribution in [1.82, 2.24) is 9.97 Å². The Morgan fingerprint density at radius 2 is 1.14 bits per heavy atom. The molecule has 56 heavy (non-hydrogen) atoms. The van der Waals surface area contributed by atoms with Crippen LogP contribution in [-0.2, 0) is 13.1 Å². The van der Waals surface area contributed by atoms with Gasteiger partial charge in [0.05, 0.1) is 51.4 Å². The Balaban J connectivity index is 1.04. The molecule has 0 amide bonds. The van der Waals surface area contributed by atoms with Gasteiger partial charge in [-0.15, -0.1) is 13.2 Å². The van der Waals surface area contributed by atoms with Crippen molar-refractivity contribution in [2.75, 3.05) is 40.4 Å². The third-order valence-corrected chi connectivity index (χ3v) is 14.7. The van der Waals surface area contributed by atoms with Crippen molar-refractivity contribution in [3.63, 3.8) is 0 Å². The average Bonchev–Trinajstić information content (AvgIpc) is 3.25. The Morgan fingerprint density at radius 1 is 0.679 bits per heavy atom. The Labute approximate surface area is 330 Å². The molecular weight excluding hydrogens is 697 g/mol. The third kappa shape index (κ3) is 6.31. The number of benzene rings is 3. The van der Waals surface area contributed by atoms with Crippen LogP contribution >= 0.6 is 0 Å². The predicted molar refractivity (Wildman–Crippen MR) is 221 cm³/mol. The Bertz CT molecular complexity index is 2120. The second-order valence-corrected chi connectivity index (χ2v) is 17.3. The Kier molecular flexibility index (Phi) is 9.73. The molecule has 8 heteroatoms. The van der Waals surface area contributed by atoms with Crippen LogP contribution in [0.4, 0.5) is 0 Å². The van der Waals surface area contributed by atoms with Crippen LogP contribution in [0.3, 0.4) is 0 Å². The van der Waals surface area contributed by atoms with Crippen molar-refractivity contribution in [3.05, 3.63) is 133 Å². The van der Waals surface area contributed by atoms with Crippen molar-refractivity contribution < 1.29 is 28.7 Å². The second-order valence-electron chi connectivity index (χ2n) is 17.3. The summed E-state index contributed by atoms with van der Waals surface area (Å²) in [6.07, 6.45) is 10.9. The maximum Gasteiger partial charge on any atom is 0.131 e. The predicted octanol–water partition coefficient (Wildman–Crippen LogP) is 8.09. The van der Waals surface area contributed by atoms with E-state index < -0.39 is 12.2 Å². The van der Waals surface area contributed by atoms with Crippen molar-refractivity contribution in [2.45, 2.75) is 63.1 Å². The largest absolute Gasteiger partial charge is 0.497 e. The molecule has 6 fully saturated rings. The lowest BCUT2D eigenvalue weighted by atomic mass is 9.71. The summed E-state index contributed by atoms with van der Waals surface area (Å²) in [6.45, 7) is 14.3. The smallest absolute Gasteiger partial charge is 0.131 e. The summed E-state index contributed by atoms with van der Waals surface area (Å²) < 4.78 is 12.9. The summed E-state index contributed by atoms with van der Waals surface area (Å²) in [5.41, 5.74) is 6.21. The first-order valence-electron chi connectivity index (χ1n) is 20.5. The van der Waals surface area contributed by atoms with Crippen molar-refractivity contribution >= 4 is 21.8 Å². The minimum Gasteiger partial charge on any atom is -0.497 e. The van der Waals surface area contributed by atoms with E-state index in [1.54, 1.807) is 14.2 Å². The van der Waals surface area contributed by atoms with Gasteiger partial charge in [0.1, 0.15) is 48.9 Å². The molecule has 10 atom stereocenters. The van der Waals surface area contributed by atoms with Gasteiger partial charge in [-0.3, -0.25) is 9.97 Å². The van der Waals surface area contributed by atoms with Crippen LogP contribution in [0.25, 0.3) is 21.8 Å². The molecule has 5 aromatic rings. The van der Waals surface area contributed by atoms with E-state index in [1.807, 2.05) is 60.9 Å². The molecule has 4 bridgehead atoms. The molecule has 0 unspecified atom stereocenters. The summed E-state index contributed by atoms with van der Waals surface area (Å²) in [5.74, 6) is 3.45. The molecule has 11 rings (SSSR count). The molecule has 0 aliphatic carbocycles. The van der Waals surface area contributed by atoms with E-state index in [0.29, 0.717) is 23.7 Å². The molecule has 0 spiro atoms. The highest BCUT2D eigenvalue weighted by atomic mass is 16.5. The van der Waals surface area contributed by atoms with Gasteiger partial charge < -0.3 is 28.7 Å². The van der Waals surface area contributed by atoms with Crippen LogP contribution in [0, 0.1) is 23.7 Å². The maximum atomic E-state index is 12.4. The first-order valence-corrected chi connectivity index (χ1v) is 20.5. The Morgan fingerprint density at radius 3 is 1.57 bits per heavy atom. The number of aliphatic hydroxyl groups is 2. The van der Waals surface area contributed by atoms with Crippen LogP contribution in [0.1, 0.15) is 60.1 Å². The molecular formula is C48H56N4O4+2. The number of rotatable bonds is 12. The summed E-state index contributed by atoms with van der Waals surface area (Å²) in [5, 5.41) is 26.8. The van der Waals surface area contributed by atoms with Crippen molar-refractivity contribution in [1.29, 1.82) is 0 Å². The second kappa shape index (κ2) is 14.7. The molecule has 2 aromatic heterocycles. The molecule has 6 saturated heterocycles. The molecule has 2 N–H and O–H groups in total. The van der Waals surface area contributed by atoms with Crippen LogP contribution in [0.5, 0.6) is 11.5 Å². The molecule has 6 aliphatic rings. The van der Waals surface area contributed by atoms with E-state index in [9.17, 15) is 10.2 Å². The van der Waals surface area contributed by atoms with Gasteiger partial charge in [-0.25, -0.2) is 0 Å². The number of hydrogen-bond acceptors (Lipinski definition) is 6. The zero-order valence-corrected chi connectivity index (χ0v) is 32.8. The fourth-order valence-electron chi connectivity index (χ4n) is 11.8. The molecule has 6 aliphatic heterocycles. The number of aliphatic hydroxyl groups excluding tert-OH is 2. The lowest BCUT2D eigenvalue weighted by Crippen LogP contribution is -2.67. The van der Waals surface area contributed by atoms with Gasteiger partial charge in [-0.1, -0.05) is 30.4 Å². The first-order chi connectivity index (χ1) is 27.3. The quantitative estimate of drug-likeness (QED) is 0.0991. The SMILES string of the molecule is C=C[C@H]1C[N@+]2(Cc3cccc(C[N@@+]45CC[C@@H](C[C@@H]4[C@H](O)c4ccnc6ccc(OC)cc46)[C@@H](C=C)C5)c3)CC[C@H]1C[C@@H]2[C@H](O)c1ccnc2ccc(OC)cc12. The van der Waals surface area contributed by atoms with Crippen LogP contribution in [0.15, 0.2) is 111 Å². The normalized spacial score (nSPS) is 30.6. The number of hydrogen-bond donors (Lipinski definition) is 2. The van der Waals surface area contributed by atoms with Gasteiger partial charge in [0.2, 0.25) is 0 Å². The zero-order valence-electron chi connectivity index (χ0n) is 32.8. The standard InChI is InChI=1S/C48H56N4O4/c1-5-33-29-51(20-16-35(33)23-45(51)47(53)39-14-18-49-43-12-10-37(55-3)25-41(39)43)27-31-8-7-9-32(22-31)28-52-21-17-36(34(6-2)30-52)24-46(52)48(54)40-15-19-50-44-13-11-38(56-4)26-42(40)44/h5-15,18-19,22,25-26,33-36,45-48,53-54H,1-2,16-17,20-21,23-24,27-30H2,3-4H3/q+2/t33-,34-,35-,36-,45+,46+,47+,48+,51+,52+/m0/s1. The zero-order chi connectivity index (χ0) is 38.6. The number of piperidine rings is 6. The number of quaternary nitrogens is 2. The van der Waals surface area contributed by atoms with Gasteiger partial charge in [-0.05, 0) is 77.6 Å². The molecule has 8 nitrogen and oxygen atoms in total. The number of ether oxygens (including phenoxy) is 2. The highest BCUT2D eigenvalue weighted by Gasteiger charge is 2.55. The van der Waals surface area contributed by atoms with Crippen molar-refractivity contribution in [2.24, 2.45) is 23.7 Å². The molecule has 290 valence electrons. The Hall–Kier alpha value is -4.60. The van der Waals surface area contributed by atoms with E-state index >= 15 is 0 Å². The number of nitrogens with zero attached hydrogens (tertiary/aromatic N) is 4. The minimum absolute atomic E-state index is 0.0510. The first kappa shape index (κ1) is 37.0. The van der Waals surface area contributed by atoms with Gasteiger partial charge in [0.25, 0.3) is 0 Å². The third-order valence-electron chi connectivity index (χ3n) is 14.7. The maximum absolute atomic E-state index is 12.4. The topological polar surface area (TPSA) is 84.7 Å². The summed E-state index contributed by atoms with van der Waals surface area (Å²) in [4.78, 5) is 9.25. The number of aromatic nitrogens is 2. The number of methoxy groups -OCH3 is 2. The minimum atomic E-state index is -0.639. The van der Waals surface area contributed by atoms with E-state index in [1.165, 1.54) is 11.1 Å². The van der Waals surface area contributed by atoms with Crippen LogP contribution < -0.4 is 9.47 Å². The van der Waals surface area contributed by atoms with E-state index in [4.69, 9.17) is 9.47 Å². The van der Waals surface area contributed by atoms with Crippen LogP contribution in [0.2, 0.25) is 0 Å². The van der Waals surface area contributed by atoms with Crippen LogP contribution in [-0.4, -0.2) is 81.6 Å². The van der Waals surface area contributed by atoms with Crippen molar-refractivity contribution in [3.8, 4) is 11.5 Å². The van der Waals surface area contributed by atoms with Gasteiger partial charge >= 0.3 is 0 Å². The molecule has 3 aromatic carbocycles. The molecule has 0 saturated carbocycles. The lowest BCUT2D eigenvalue weighted by molar-refractivity contribution is -0.985. The number of fused-ring (bicyclic) bond motifs is 8. The summed E-state index contributed by atoms with van der Waals surface area (Å²) in [7, 11) is 3.36.